The number of hydrogen-bond acceptors (Lipinski definition) is 20. The fraction of sp³-hybridized carbons (Fsp3) is 0.432. The van der Waals surface area contributed by atoms with Gasteiger partial charge in [-0.2, -0.15) is 0 Å². The van der Waals surface area contributed by atoms with E-state index in [1.54, 1.807) is 149 Å². The number of fused-ring (bicyclic) bond motifs is 1. The number of carboxylic acids is 1. The molecule has 131 heavy (non-hydrogen) atoms. The van der Waals surface area contributed by atoms with Gasteiger partial charge in [0.05, 0.1) is 37.8 Å². The Kier molecular flexibility index (Phi) is 41.2. The third-order valence-electron chi connectivity index (χ3n) is 22.3. The molecule has 14 amide bonds. The Morgan fingerprint density at radius 3 is 1.58 bits per heavy atom. The van der Waals surface area contributed by atoms with Crippen LogP contribution in [0, 0.1) is 11.8 Å². The van der Waals surface area contributed by atoms with Gasteiger partial charge in [0.2, 0.25) is 82.7 Å². The molecule has 0 saturated heterocycles. The first-order valence-electron chi connectivity index (χ1n) is 43.5. The van der Waals surface area contributed by atoms with E-state index < -0.39 is 186 Å². The average molecular weight is 1830 g/mol. The molecule has 11 unspecified atom stereocenters. The van der Waals surface area contributed by atoms with Gasteiger partial charge in [-0.05, 0) is 101 Å². The summed E-state index contributed by atoms with van der Waals surface area (Å²) in [6.45, 7) is 8.64. The molecule has 7 rings (SSSR count). The largest absolute Gasteiger partial charge is 0.508 e. The van der Waals surface area contributed by atoms with E-state index in [9.17, 15) is 77.6 Å². The van der Waals surface area contributed by atoms with Gasteiger partial charge in [0, 0.05) is 90.2 Å². The Bertz CT molecular complexity index is 5080. The molecule has 16 N–H and O–H groups in total. The lowest BCUT2D eigenvalue weighted by Crippen LogP contribution is -2.61. The maximum absolute atomic E-state index is 15.5. The highest BCUT2D eigenvalue weighted by Crippen LogP contribution is 2.25. The lowest BCUT2D eigenvalue weighted by atomic mass is 9.97. The number of hydrogen-bond donors (Lipinski definition) is 14. The number of para-hydroxylation sites is 1. The van der Waals surface area contributed by atoms with Crippen molar-refractivity contribution < 1.29 is 92.0 Å². The molecule has 0 saturated carbocycles. The quantitative estimate of drug-likeness (QED) is 0.0244. The number of amides is 14. The number of carbonyl (C=O) groups excluding carboxylic acids is 15. The second-order valence-corrected chi connectivity index (χ2v) is 34.4. The molecular weight excluding hydrogens is 1700 g/mol. The molecule has 1 heterocycles. The number of likely N-dealkylation sites (N-methyl/N-ethyl adjacent to an activating group) is 5. The van der Waals surface area contributed by atoms with Crippen LogP contribution in [0.3, 0.4) is 0 Å². The highest BCUT2D eigenvalue weighted by atomic mass is 32.2. The topological polar surface area (TPSA) is 514 Å². The summed E-state index contributed by atoms with van der Waals surface area (Å²) in [6.07, 6.45) is 2.13. The molecule has 6 aromatic carbocycles. The summed E-state index contributed by atoms with van der Waals surface area (Å²) in [6, 6.07) is 28.5. The number of carboxylic acid groups (broad SMARTS) is 1. The summed E-state index contributed by atoms with van der Waals surface area (Å²) in [4.78, 5) is 235. The van der Waals surface area contributed by atoms with Crippen molar-refractivity contribution in [1.29, 1.82) is 0 Å². The fourth-order valence-corrected chi connectivity index (χ4v) is 15.8. The molecular formula is C95H124N16O19S. The molecule has 0 fully saturated rings. The van der Waals surface area contributed by atoms with Crippen LogP contribution < -0.4 is 54.0 Å². The Labute approximate surface area is 766 Å². The van der Waals surface area contributed by atoms with Crippen LogP contribution in [0.5, 0.6) is 11.5 Å². The third kappa shape index (κ3) is 32.3. The minimum absolute atomic E-state index is 0.00751. The van der Waals surface area contributed by atoms with E-state index in [4.69, 9.17) is 11.5 Å². The van der Waals surface area contributed by atoms with Crippen molar-refractivity contribution >= 4 is 118 Å². The molecule has 0 aliphatic rings. The SMILES string of the molecule is CCCCC(C(=O)N(C)CC(=O)NC(CC(=O)O)C(=O)NC(C(=O)N(C)C(Cc1ccccc1)C(=O)NC(Cc1ccc(O)c(CC)c1)C(=O)N(C)CC=O)C(C)C)N(C)C(=O)C(Cc1ccccc1)N(C)C(=O)C(Cc1ccccc1)NC(=O)CSCC(NC(=O)C(CC(C)C)NC(=O)C(Cc1ccc(O)cc1)NC(=O)C(N)Cc1c[nH]c2ccccc12)C(=O)NCC(N)=O. The molecule has 11 atom stereocenters. The Hall–Kier alpha value is -13.5. The van der Waals surface area contributed by atoms with Crippen LogP contribution in [-0.4, -0.2) is 273 Å². The van der Waals surface area contributed by atoms with Gasteiger partial charge in [0.1, 0.15) is 78.2 Å². The predicted octanol–water partition coefficient (Wildman–Crippen LogP) is 2.92. The molecule has 0 aliphatic carbocycles. The van der Waals surface area contributed by atoms with Crippen LogP contribution >= 0.6 is 11.8 Å². The minimum Gasteiger partial charge on any atom is -0.508 e. The van der Waals surface area contributed by atoms with Crippen molar-refractivity contribution in [2.45, 2.75) is 185 Å². The van der Waals surface area contributed by atoms with Crippen molar-refractivity contribution in [3.05, 3.63) is 203 Å². The van der Waals surface area contributed by atoms with Crippen molar-refractivity contribution in [3.63, 3.8) is 0 Å². The number of nitrogens with two attached hydrogens (primary N) is 2. The van der Waals surface area contributed by atoms with E-state index in [0.29, 0.717) is 58.9 Å². The zero-order valence-electron chi connectivity index (χ0n) is 75.9. The number of nitrogens with zero attached hydrogens (tertiary/aromatic N) is 5. The van der Waals surface area contributed by atoms with E-state index in [-0.39, 0.29) is 81.1 Å². The number of aromatic hydroxyl groups is 2. The normalized spacial score (nSPS) is 13.7. The fourth-order valence-electron chi connectivity index (χ4n) is 14.9. The van der Waals surface area contributed by atoms with Crippen LogP contribution in [0.2, 0.25) is 0 Å². The van der Waals surface area contributed by atoms with Crippen LogP contribution in [0.15, 0.2) is 164 Å². The first-order chi connectivity index (χ1) is 62.3. The second-order valence-electron chi connectivity index (χ2n) is 33.4. The summed E-state index contributed by atoms with van der Waals surface area (Å²) in [5.74, 6) is -15.0. The molecule has 1 aromatic heterocycles. The number of aryl methyl sites for hydroxylation is 1. The number of aromatic nitrogens is 1. The van der Waals surface area contributed by atoms with Crippen molar-refractivity contribution in [2.24, 2.45) is 23.3 Å². The van der Waals surface area contributed by atoms with Crippen LogP contribution in [0.4, 0.5) is 0 Å². The summed E-state index contributed by atoms with van der Waals surface area (Å²) in [5.41, 5.74) is 16.9. The first kappa shape index (κ1) is 105. The van der Waals surface area contributed by atoms with Gasteiger partial charge in [0.15, 0.2) is 0 Å². The number of rotatable bonds is 52. The second kappa shape index (κ2) is 51.6. The highest BCUT2D eigenvalue weighted by molar-refractivity contribution is 8.00. The van der Waals surface area contributed by atoms with Gasteiger partial charge >= 0.3 is 5.97 Å². The lowest BCUT2D eigenvalue weighted by molar-refractivity contribution is -0.151. The van der Waals surface area contributed by atoms with Gasteiger partial charge in [-0.3, -0.25) is 71.9 Å². The number of unbranched alkanes of at least 4 members (excludes halogenated alkanes) is 1. The molecule has 0 bridgehead atoms. The van der Waals surface area contributed by atoms with Crippen LogP contribution in [0.1, 0.15) is 113 Å². The number of aliphatic carboxylic acids is 1. The number of aromatic amines is 1. The number of primary amides is 1. The lowest BCUT2D eigenvalue weighted by Gasteiger charge is -2.37. The number of aldehydes is 1. The van der Waals surface area contributed by atoms with E-state index >= 15 is 14.4 Å². The van der Waals surface area contributed by atoms with Crippen molar-refractivity contribution in [3.8, 4) is 11.5 Å². The summed E-state index contributed by atoms with van der Waals surface area (Å²) >= 11 is 0.852. The van der Waals surface area contributed by atoms with Crippen LogP contribution in [0.25, 0.3) is 10.9 Å². The number of carbonyl (C=O) groups is 16. The molecule has 35 nitrogen and oxygen atoms in total. The van der Waals surface area contributed by atoms with Gasteiger partial charge in [0.25, 0.3) is 0 Å². The average Bonchev–Trinajstić information content (AvgIpc) is 1.59. The van der Waals surface area contributed by atoms with E-state index in [1.807, 2.05) is 38.1 Å². The summed E-state index contributed by atoms with van der Waals surface area (Å²) < 4.78 is 0. The van der Waals surface area contributed by atoms with Gasteiger partial charge in [-0.25, -0.2) is 0 Å². The number of benzene rings is 6. The van der Waals surface area contributed by atoms with Gasteiger partial charge in [-0.15, -0.1) is 11.8 Å². The van der Waals surface area contributed by atoms with E-state index in [2.05, 4.69) is 47.5 Å². The predicted molar refractivity (Wildman–Crippen MR) is 494 cm³/mol. The summed E-state index contributed by atoms with van der Waals surface area (Å²) in [7, 11) is 6.70. The molecule has 36 heteroatoms. The Morgan fingerprint density at radius 1 is 0.481 bits per heavy atom. The smallest absolute Gasteiger partial charge is 0.305 e. The summed E-state index contributed by atoms with van der Waals surface area (Å²) in [5, 5.41) is 52.7. The van der Waals surface area contributed by atoms with E-state index in [0.717, 1.165) is 42.9 Å². The maximum Gasteiger partial charge on any atom is 0.305 e. The molecule has 0 radical (unpaired) electrons. The Balaban J connectivity index is 1.07. The molecule has 0 spiro atoms. The van der Waals surface area contributed by atoms with E-state index in [1.165, 1.54) is 63.2 Å². The third-order valence-corrected chi connectivity index (χ3v) is 23.4. The number of thioether (sulfide) groups is 1. The molecule has 7 aromatic rings. The van der Waals surface area contributed by atoms with Gasteiger partial charge < -0.3 is 104 Å². The standard InChI is InChI=1S/C95H124N16O19S/c1-12-14-34-76(93(128)108(8)54-81(116)100-72(51-83(118)119)89(124)106-84(58(5)6)95(130)110(10)77(48-60-28-20-16-21-29-60)90(125)104-73(91(126)107(7)41-42-112)47-63-37-40-79(114)64(13-2)44-63)109(9)94(129)78(49-61-30-22-17-23-31-61)111(11)92(127)74(46-59-26-18-15-19-27-59)101-82(117)56-131-55-75(86(121)99-53-80(97)115)105-87(122)70(43-57(3)4)103-88(123)71(45-62-35-38-66(113)39-36-62)102-85(120)68(96)50-65-52-98-69-33-25-24-32-67(65)69/h15-33,35-40,42,44,52,57-58,68,70-78,84,98,113-114H,12-14,34,41,43,45-51,53-56,96H2,1-11H3,(H2,97,115)(H,99,121)(H,100,116)(H,101,117)(H,102,120)(H,103,123)(H,104,125)(H,105,122)(H,106,124)(H,118,119). The zero-order valence-corrected chi connectivity index (χ0v) is 76.7. The van der Waals surface area contributed by atoms with Crippen LogP contribution in [-0.2, 0) is 122 Å². The number of phenols is 2. The number of H-pyrrole nitrogens is 1. The minimum atomic E-state index is -1.88. The van der Waals surface area contributed by atoms with Crippen molar-refractivity contribution in [2.75, 3.05) is 66.4 Å². The molecule has 0 aliphatic heterocycles. The number of phenolic OH excluding ortho intramolecular Hbond substituents is 2. The maximum atomic E-state index is 15.5. The number of nitrogens with one attached hydrogen (secondary N) is 9. The highest BCUT2D eigenvalue weighted by Gasteiger charge is 2.42. The zero-order chi connectivity index (χ0) is 96.3. The molecule has 704 valence electrons. The first-order valence-corrected chi connectivity index (χ1v) is 44.7. The van der Waals surface area contributed by atoms with Crippen molar-refractivity contribution in [1.82, 2.24) is 72.0 Å². The monoisotopic (exact) mass is 1820 g/mol. The van der Waals surface area contributed by atoms with Gasteiger partial charge in [-0.1, -0.05) is 188 Å². The Morgan fingerprint density at radius 2 is 0.992 bits per heavy atom.